The molecule has 0 spiro atoms. The summed E-state index contributed by atoms with van der Waals surface area (Å²) >= 11 is 2.03. The van der Waals surface area contributed by atoms with E-state index in [0.717, 1.165) is 0 Å². The highest BCUT2D eigenvalue weighted by atomic mass is 127. The lowest BCUT2D eigenvalue weighted by atomic mass is 10.0. The predicted molar refractivity (Wildman–Crippen MR) is 44.4 cm³/mol. The van der Waals surface area contributed by atoms with E-state index < -0.39 is 12.2 Å². The van der Waals surface area contributed by atoms with Crippen molar-refractivity contribution in [3.05, 3.63) is 0 Å². The van der Waals surface area contributed by atoms with Gasteiger partial charge in [0.25, 0.3) is 0 Å². The largest absolute Gasteiger partial charge is 0.389 e. The lowest BCUT2D eigenvalue weighted by Crippen LogP contribution is -2.51. The van der Waals surface area contributed by atoms with Gasteiger partial charge in [0.05, 0.1) is 16.6 Å². The molecule has 0 unspecified atom stereocenters. The lowest BCUT2D eigenvalue weighted by molar-refractivity contribution is -0.156. The van der Waals surface area contributed by atoms with E-state index in [9.17, 15) is 10.2 Å². The lowest BCUT2D eigenvalue weighted by Gasteiger charge is -2.32. The molecule has 5 atom stereocenters. The Morgan fingerprint density at radius 2 is 2.00 bits per heavy atom. The van der Waals surface area contributed by atoms with Gasteiger partial charge in [-0.3, -0.25) is 0 Å². The Balaban J connectivity index is 2.16. The number of rotatable bonds is 0. The van der Waals surface area contributed by atoms with Crippen molar-refractivity contribution >= 4 is 22.6 Å². The molecule has 0 radical (unpaired) electrons. The minimum absolute atomic E-state index is 0.165. The molecule has 0 saturated carbocycles. The van der Waals surface area contributed by atoms with Crippen molar-refractivity contribution in [3.8, 4) is 0 Å². The molecular weight excluding hydrogens is 263 g/mol. The van der Waals surface area contributed by atoms with E-state index in [4.69, 9.17) is 9.47 Å². The summed E-state index contributed by atoms with van der Waals surface area (Å²) in [6, 6.07) is 0. The summed E-state index contributed by atoms with van der Waals surface area (Å²) in [4.78, 5) is 0. The Morgan fingerprint density at radius 1 is 1.27 bits per heavy atom. The molecule has 0 aromatic rings. The van der Waals surface area contributed by atoms with Gasteiger partial charge in [-0.05, 0) is 0 Å². The van der Waals surface area contributed by atoms with E-state index in [1.165, 1.54) is 0 Å². The molecule has 5 heteroatoms. The SMILES string of the molecule is O[C@H]1[C@H](O)[C@H]2CO[C@H](O2)[C@H]1I. The van der Waals surface area contributed by atoms with Crippen LogP contribution in [0.2, 0.25) is 0 Å². The maximum atomic E-state index is 9.41. The first-order valence-corrected chi connectivity index (χ1v) is 4.72. The highest BCUT2D eigenvalue weighted by Crippen LogP contribution is 2.32. The first-order valence-electron chi connectivity index (χ1n) is 3.47. The molecule has 2 aliphatic rings. The number of hydrogen-bond acceptors (Lipinski definition) is 4. The quantitative estimate of drug-likeness (QED) is 0.451. The first kappa shape index (κ1) is 8.18. The van der Waals surface area contributed by atoms with Crippen LogP contribution in [-0.4, -0.2) is 45.3 Å². The highest BCUT2D eigenvalue weighted by Gasteiger charge is 2.48. The number of halogens is 1. The Kier molecular flexibility index (Phi) is 2.09. The van der Waals surface area contributed by atoms with Crippen LogP contribution in [0.1, 0.15) is 0 Å². The smallest absolute Gasteiger partial charge is 0.172 e. The van der Waals surface area contributed by atoms with Gasteiger partial charge in [-0.25, -0.2) is 0 Å². The van der Waals surface area contributed by atoms with Gasteiger partial charge in [0.15, 0.2) is 6.29 Å². The summed E-state index contributed by atoms with van der Waals surface area (Å²) < 4.78 is 10.3. The monoisotopic (exact) mass is 272 g/mol. The maximum Gasteiger partial charge on any atom is 0.172 e. The summed E-state index contributed by atoms with van der Waals surface area (Å²) in [5, 5.41) is 18.8. The van der Waals surface area contributed by atoms with E-state index in [1.54, 1.807) is 0 Å². The van der Waals surface area contributed by atoms with Crippen molar-refractivity contribution in [1.29, 1.82) is 0 Å². The third kappa shape index (κ3) is 1.19. The van der Waals surface area contributed by atoms with Crippen molar-refractivity contribution in [1.82, 2.24) is 0 Å². The van der Waals surface area contributed by atoms with Crippen LogP contribution in [0, 0.1) is 0 Å². The van der Waals surface area contributed by atoms with E-state index in [-0.39, 0.29) is 16.3 Å². The second-order valence-electron chi connectivity index (χ2n) is 2.80. The summed E-state index contributed by atoms with van der Waals surface area (Å²) in [5.74, 6) is 0. The van der Waals surface area contributed by atoms with Crippen molar-refractivity contribution in [2.45, 2.75) is 28.5 Å². The third-order valence-electron chi connectivity index (χ3n) is 2.05. The van der Waals surface area contributed by atoms with Crippen LogP contribution in [0.25, 0.3) is 0 Å². The molecule has 2 N–H and O–H groups in total. The minimum atomic E-state index is -0.796. The molecule has 0 aromatic heterocycles. The normalized spacial score (nSPS) is 56.5. The van der Waals surface area contributed by atoms with Crippen LogP contribution in [0.4, 0.5) is 0 Å². The molecule has 0 aromatic carbocycles. The van der Waals surface area contributed by atoms with Crippen LogP contribution in [-0.2, 0) is 9.47 Å². The zero-order chi connectivity index (χ0) is 8.01. The van der Waals surface area contributed by atoms with Gasteiger partial charge in [-0.2, -0.15) is 0 Å². The van der Waals surface area contributed by atoms with E-state index in [1.807, 2.05) is 22.6 Å². The van der Waals surface area contributed by atoms with Gasteiger partial charge >= 0.3 is 0 Å². The van der Waals surface area contributed by atoms with Gasteiger partial charge in [0, 0.05) is 0 Å². The molecule has 2 rings (SSSR count). The van der Waals surface area contributed by atoms with E-state index in [2.05, 4.69) is 0 Å². The van der Waals surface area contributed by atoms with Gasteiger partial charge in [-0.1, -0.05) is 22.6 Å². The number of ether oxygens (including phenoxy) is 2. The molecule has 2 fully saturated rings. The van der Waals surface area contributed by atoms with Crippen molar-refractivity contribution in [2.24, 2.45) is 0 Å². The van der Waals surface area contributed by atoms with Crippen molar-refractivity contribution in [2.75, 3.05) is 6.61 Å². The zero-order valence-corrected chi connectivity index (χ0v) is 7.84. The molecule has 0 amide bonds. The van der Waals surface area contributed by atoms with Crippen molar-refractivity contribution in [3.63, 3.8) is 0 Å². The number of hydrogen-bond donors (Lipinski definition) is 2. The summed E-state index contributed by atoms with van der Waals surface area (Å²) in [7, 11) is 0. The molecule has 2 heterocycles. The second kappa shape index (κ2) is 2.81. The standard InChI is InChI=1S/C6H9IO4/c7-3-5(9)4(8)2-1-10-6(3)11-2/h2-6,8-9H,1H2/t2-,3+,4-,5-,6-/m1/s1. The summed E-state index contributed by atoms with van der Waals surface area (Å²) in [6.07, 6.45) is -2.18. The Hall–Kier alpha value is 0.570. The summed E-state index contributed by atoms with van der Waals surface area (Å²) in [5.41, 5.74) is 0. The average molecular weight is 272 g/mol. The molecule has 64 valence electrons. The van der Waals surface area contributed by atoms with Gasteiger partial charge in [-0.15, -0.1) is 0 Å². The average Bonchev–Trinajstić information content (AvgIpc) is 2.44. The topological polar surface area (TPSA) is 58.9 Å². The van der Waals surface area contributed by atoms with Crippen LogP contribution in [0.5, 0.6) is 0 Å². The van der Waals surface area contributed by atoms with Gasteiger partial charge in [0.2, 0.25) is 0 Å². The molecule has 2 saturated heterocycles. The maximum absolute atomic E-state index is 9.41. The number of fused-ring (bicyclic) bond motifs is 2. The molecular formula is C6H9IO4. The number of aliphatic hydroxyl groups is 2. The highest BCUT2D eigenvalue weighted by molar-refractivity contribution is 14.1. The van der Waals surface area contributed by atoms with Crippen LogP contribution in [0.15, 0.2) is 0 Å². The number of aliphatic hydroxyl groups excluding tert-OH is 2. The van der Waals surface area contributed by atoms with Crippen LogP contribution >= 0.6 is 22.6 Å². The minimum Gasteiger partial charge on any atom is -0.389 e. The van der Waals surface area contributed by atoms with Crippen LogP contribution in [0.3, 0.4) is 0 Å². The molecule has 2 aliphatic heterocycles. The van der Waals surface area contributed by atoms with Gasteiger partial charge < -0.3 is 19.7 Å². The van der Waals surface area contributed by atoms with Gasteiger partial charge in [0.1, 0.15) is 12.2 Å². The molecule has 11 heavy (non-hydrogen) atoms. The van der Waals surface area contributed by atoms with Crippen molar-refractivity contribution < 1.29 is 19.7 Å². The molecule has 4 nitrogen and oxygen atoms in total. The predicted octanol–water partition coefficient (Wildman–Crippen LogP) is -0.733. The molecule has 0 aliphatic carbocycles. The Labute approximate surface area is 77.6 Å². The first-order chi connectivity index (χ1) is 5.20. The fraction of sp³-hybridized carbons (Fsp3) is 1.00. The Bertz CT molecular complexity index is 145. The molecule has 2 bridgehead atoms. The van der Waals surface area contributed by atoms with E-state index in [0.29, 0.717) is 6.61 Å². The number of alkyl halides is 1. The zero-order valence-electron chi connectivity index (χ0n) is 5.68. The second-order valence-corrected chi connectivity index (χ2v) is 4.24. The fourth-order valence-corrected chi connectivity index (χ4v) is 2.16. The third-order valence-corrected chi connectivity index (χ3v) is 3.37. The Morgan fingerprint density at radius 3 is 2.73 bits per heavy atom. The fourth-order valence-electron chi connectivity index (χ4n) is 1.36. The van der Waals surface area contributed by atoms with E-state index >= 15 is 0 Å². The summed E-state index contributed by atoms with van der Waals surface area (Å²) in [6.45, 7) is 0.391. The van der Waals surface area contributed by atoms with Crippen LogP contribution < -0.4 is 0 Å².